The molecular formula is C11H16BrClN2O. The van der Waals surface area contributed by atoms with E-state index in [-0.39, 0.29) is 0 Å². The van der Waals surface area contributed by atoms with Gasteiger partial charge in [-0.3, -0.25) is 0 Å². The van der Waals surface area contributed by atoms with Crippen LogP contribution >= 0.6 is 27.5 Å². The van der Waals surface area contributed by atoms with Crippen molar-refractivity contribution in [2.75, 3.05) is 11.9 Å². The molecule has 0 spiro atoms. The average Bonchev–Trinajstić information content (AvgIpc) is 2.16. The van der Waals surface area contributed by atoms with Gasteiger partial charge in [-0.15, -0.1) is 0 Å². The minimum Gasteiger partial charge on any atom is -0.388 e. The van der Waals surface area contributed by atoms with Crippen LogP contribution in [-0.4, -0.2) is 22.2 Å². The summed E-state index contributed by atoms with van der Waals surface area (Å²) >= 11 is 9.29. The maximum absolute atomic E-state index is 9.98. The Kier molecular flexibility index (Phi) is 5.02. The number of aliphatic hydroxyl groups is 1. The van der Waals surface area contributed by atoms with Crippen molar-refractivity contribution in [2.45, 2.75) is 32.3 Å². The Balaban J connectivity index is 2.61. The van der Waals surface area contributed by atoms with E-state index in [1.54, 1.807) is 19.2 Å². The summed E-state index contributed by atoms with van der Waals surface area (Å²) in [6.07, 6.45) is 3.35. The molecule has 0 saturated heterocycles. The lowest BCUT2D eigenvalue weighted by atomic mass is 10.0. The van der Waals surface area contributed by atoms with Gasteiger partial charge in [0, 0.05) is 17.2 Å². The Hall–Kier alpha value is -0.320. The highest BCUT2D eigenvalue weighted by atomic mass is 79.9. The van der Waals surface area contributed by atoms with Crippen molar-refractivity contribution in [3.63, 3.8) is 0 Å². The van der Waals surface area contributed by atoms with E-state index >= 15 is 0 Å². The molecule has 0 radical (unpaired) electrons. The van der Waals surface area contributed by atoms with E-state index in [0.717, 1.165) is 17.3 Å². The van der Waals surface area contributed by atoms with E-state index in [9.17, 15) is 5.11 Å². The van der Waals surface area contributed by atoms with Crippen LogP contribution in [0.15, 0.2) is 16.7 Å². The van der Waals surface area contributed by atoms with E-state index in [2.05, 4.69) is 26.2 Å². The second kappa shape index (κ2) is 5.84. The summed E-state index contributed by atoms with van der Waals surface area (Å²) in [7, 11) is 0. The summed E-state index contributed by atoms with van der Waals surface area (Å²) in [6.45, 7) is 4.28. The van der Waals surface area contributed by atoms with Crippen LogP contribution < -0.4 is 5.32 Å². The van der Waals surface area contributed by atoms with Crippen molar-refractivity contribution < 1.29 is 5.11 Å². The standard InChI is InChI=1S/C11H16BrClN2O/c1-3-4-11(2,16)7-15-10-9(13)5-8(12)6-14-10/h5-6,16H,3-4,7H2,1-2H3,(H,14,15). The maximum Gasteiger partial charge on any atom is 0.144 e. The molecule has 0 amide bonds. The summed E-state index contributed by atoms with van der Waals surface area (Å²) in [5.41, 5.74) is -0.729. The van der Waals surface area contributed by atoms with Gasteiger partial charge in [0.2, 0.25) is 0 Å². The van der Waals surface area contributed by atoms with Gasteiger partial charge in [0.15, 0.2) is 0 Å². The van der Waals surface area contributed by atoms with Crippen LogP contribution in [0.5, 0.6) is 0 Å². The van der Waals surface area contributed by atoms with E-state index in [1.165, 1.54) is 0 Å². The molecule has 3 nitrogen and oxygen atoms in total. The van der Waals surface area contributed by atoms with Crippen molar-refractivity contribution in [2.24, 2.45) is 0 Å². The normalized spacial score (nSPS) is 14.6. The van der Waals surface area contributed by atoms with Gasteiger partial charge < -0.3 is 10.4 Å². The number of hydrogen-bond donors (Lipinski definition) is 2. The molecule has 0 aliphatic rings. The van der Waals surface area contributed by atoms with Crippen LogP contribution in [0.25, 0.3) is 0 Å². The number of pyridine rings is 1. The predicted octanol–water partition coefficient (Wildman–Crippen LogP) is 3.46. The zero-order chi connectivity index (χ0) is 12.2. The Morgan fingerprint density at radius 2 is 2.31 bits per heavy atom. The molecule has 1 atom stereocenters. The smallest absolute Gasteiger partial charge is 0.144 e. The number of hydrogen-bond acceptors (Lipinski definition) is 3. The van der Waals surface area contributed by atoms with Crippen molar-refractivity contribution in [3.05, 3.63) is 21.8 Å². The average molecular weight is 308 g/mol. The highest BCUT2D eigenvalue weighted by Gasteiger charge is 2.19. The molecule has 2 N–H and O–H groups in total. The fourth-order valence-corrected chi connectivity index (χ4v) is 2.14. The molecule has 1 aromatic heterocycles. The first kappa shape index (κ1) is 13.7. The number of halogens is 2. The Morgan fingerprint density at radius 3 is 2.88 bits per heavy atom. The van der Waals surface area contributed by atoms with Gasteiger partial charge in [0.1, 0.15) is 5.82 Å². The van der Waals surface area contributed by atoms with Crippen molar-refractivity contribution >= 4 is 33.3 Å². The van der Waals surface area contributed by atoms with E-state index < -0.39 is 5.60 Å². The molecule has 0 fully saturated rings. The number of aromatic nitrogens is 1. The molecule has 0 aliphatic heterocycles. The van der Waals surface area contributed by atoms with Crippen LogP contribution in [0.3, 0.4) is 0 Å². The largest absolute Gasteiger partial charge is 0.388 e. The molecule has 0 aromatic carbocycles. The summed E-state index contributed by atoms with van der Waals surface area (Å²) in [4.78, 5) is 4.14. The molecule has 90 valence electrons. The molecule has 1 heterocycles. The summed E-state index contributed by atoms with van der Waals surface area (Å²) in [5.74, 6) is 0.598. The van der Waals surface area contributed by atoms with E-state index in [0.29, 0.717) is 17.4 Å². The van der Waals surface area contributed by atoms with Gasteiger partial charge in [-0.25, -0.2) is 4.98 Å². The quantitative estimate of drug-likeness (QED) is 0.875. The highest BCUT2D eigenvalue weighted by Crippen LogP contribution is 2.23. The summed E-state index contributed by atoms with van der Waals surface area (Å²) in [5, 5.41) is 13.6. The van der Waals surface area contributed by atoms with Crippen LogP contribution in [0.4, 0.5) is 5.82 Å². The Labute approximate surface area is 109 Å². The van der Waals surface area contributed by atoms with Crippen molar-refractivity contribution in [1.29, 1.82) is 0 Å². The third-order valence-corrected chi connectivity index (χ3v) is 2.95. The number of anilines is 1. The van der Waals surface area contributed by atoms with Crippen LogP contribution in [-0.2, 0) is 0 Å². The van der Waals surface area contributed by atoms with Gasteiger partial charge in [-0.1, -0.05) is 24.9 Å². The first-order chi connectivity index (χ1) is 7.44. The van der Waals surface area contributed by atoms with Crippen molar-refractivity contribution in [3.8, 4) is 0 Å². The van der Waals surface area contributed by atoms with E-state index in [1.807, 2.05) is 6.92 Å². The van der Waals surface area contributed by atoms with Gasteiger partial charge in [-0.05, 0) is 35.3 Å². The van der Waals surface area contributed by atoms with Crippen LogP contribution in [0.1, 0.15) is 26.7 Å². The van der Waals surface area contributed by atoms with Crippen LogP contribution in [0.2, 0.25) is 5.02 Å². The fraction of sp³-hybridized carbons (Fsp3) is 0.545. The highest BCUT2D eigenvalue weighted by molar-refractivity contribution is 9.10. The molecule has 1 aromatic rings. The first-order valence-corrected chi connectivity index (χ1v) is 6.39. The molecule has 5 heteroatoms. The fourth-order valence-electron chi connectivity index (χ4n) is 1.45. The zero-order valence-electron chi connectivity index (χ0n) is 9.43. The van der Waals surface area contributed by atoms with E-state index in [4.69, 9.17) is 11.6 Å². The Morgan fingerprint density at radius 1 is 1.62 bits per heavy atom. The molecule has 0 saturated carbocycles. The van der Waals surface area contributed by atoms with Gasteiger partial charge in [0.05, 0.1) is 10.6 Å². The number of nitrogens with one attached hydrogen (secondary N) is 1. The minimum absolute atomic E-state index is 0.440. The topological polar surface area (TPSA) is 45.1 Å². The monoisotopic (exact) mass is 306 g/mol. The molecule has 0 aliphatic carbocycles. The van der Waals surface area contributed by atoms with Gasteiger partial charge in [0.25, 0.3) is 0 Å². The second-order valence-electron chi connectivity index (χ2n) is 4.08. The number of nitrogens with zero attached hydrogens (tertiary/aromatic N) is 1. The second-order valence-corrected chi connectivity index (χ2v) is 5.41. The third kappa shape index (κ3) is 4.28. The molecule has 1 unspecified atom stereocenters. The third-order valence-electron chi connectivity index (χ3n) is 2.23. The zero-order valence-corrected chi connectivity index (χ0v) is 11.8. The molecule has 0 bridgehead atoms. The SMILES string of the molecule is CCCC(C)(O)CNc1ncc(Br)cc1Cl. The maximum atomic E-state index is 9.98. The lowest BCUT2D eigenvalue weighted by Crippen LogP contribution is -2.33. The molecule has 16 heavy (non-hydrogen) atoms. The molecule has 1 rings (SSSR count). The Bertz CT molecular complexity index is 358. The summed E-state index contributed by atoms with van der Waals surface area (Å²) < 4.78 is 0.836. The number of rotatable bonds is 5. The lowest BCUT2D eigenvalue weighted by Gasteiger charge is -2.23. The van der Waals surface area contributed by atoms with Crippen molar-refractivity contribution in [1.82, 2.24) is 4.98 Å². The first-order valence-electron chi connectivity index (χ1n) is 5.22. The van der Waals surface area contributed by atoms with Gasteiger partial charge in [-0.2, -0.15) is 0 Å². The molecular weight excluding hydrogens is 291 g/mol. The van der Waals surface area contributed by atoms with Crippen LogP contribution in [0, 0.1) is 0 Å². The lowest BCUT2D eigenvalue weighted by molar-refractivity contribution is 0.0636. The minimum atomic E-state index is -0.729. The summed E-state index contributed by atoms with van der Waals surface area (Å²) in [6, 6.07) is 1.77. The predicted molar refractivity (Wildman–Crippen MR) is 71.0 cm³/mol. The van der Waals surface area contributed by atoms with Gasteiger partial charge >= 0.3 is 0 Å².